The lowest BCUT2D eigenvalue weighted by Crippen LogP contribution is -2.45. The lowest BCUT2D eigenvalue weighted by atomic mass is 10.1. The van der Waals surface area contributed by atoms with E-state index in [9.17, 15) is 0 Å². The number of rotatable bonds is 6. The number of ether oxygens (including phenoxy) is 2. The summed E-state index contributed by atoms with van der Waals surface area (Å²) >= 11 is 0. The normalized spacial score (nSPS) is 16.1. The van der Waals surface area contributed by atoms with Gasteiger partial charge in [-0.3, -0.25) is 9.80 Å². The second-order valence-corrected chi connectivity index (χ2v) is 6.26. The van der Waals surface area contributed by atoms with E-state index in [1.165, 1.54) is 11.1 Å². The van der Waals surface area contributed by atoms with E-state index in [2.05, 4.69) is 46.2 Å². The molecular weight excluding hydrogens is 300 g/mol. The maximum absolute atomic E-state index is 5.31. The van der Waals surface area contributed by atoms with Crippen LogP contribution in [0.1, 0.15) is 11.1 Å². The van der Waals surface area contributed by atoms with Gasteiger partial charge in [-0.1, -0.05) is 24.3 Å². The van der Waals surface area contributed by atoms with E-state index >= 15 is 0 Å². The highest BCUT2D eigenvalue weighted by Crippen LogP contribution is 2.17. The molecule has 2 aromatic carbocycles. The van der Waals surface area contributed by atoms with E-state index in [1.807, 2.05) is 12.1 Å². The fourth-order valence-electron chi connectivity index (χ4n) is 3.16. The molecule has 0 aliphatic carbocycles. The average Bonchev–Trinajstić information content (AvgIpc) is 2.64. The molecule has 4 nitrogen and oxygen atoms in total. The van der Waals surface area contributed by atoms with Crippen LogP contribution in [0, 0.1) is 0 Å². The molecule has 1 saturated heterocycles. The summed E-state index contributed by atoms with van der Waals surface area (Å²) in [5.74, 6) is 1.87. The minimum absolute atomic E-state index is 0.934. The zero-order valence-electron chi connectivity index (χ0n) is 14.6. The van der Waals surface area contributed by atoms with Crippen molar-refractivity contribution >= 4 is 0 Å². The van der Waals surface area contributed by atoms with Gasteiger partial charge >= 0.3 is 0 Å². The van der Waals surface area contributed by atoms with Crippen LogP contribution in [0.5, 0.6) is 11.5 Å². The Morgan fingerprint density at radius 1 is 0.708 bits per heavy atom. The smallest absolute Gasteiger partial charge is 0.119 e. The molecule has 24 heavy (non-hydrogen) atoms. The van der Waals surface area contributed by atoms with Gasteiger partial charge in [0.25, 0.3) is 0 Å². The Morgan fingerprint density at radius 2 is 1.12 bits per heavy atom. The molecule has 1 aliphatic rings. The third kappa shape index (κ3) is 4.49. The van der Waals surface area contributed by atoms with Gasteiger partial charge in [-0.25, -0.2) is 0 Å². The van der Waals surface area contributed by atoms with Crippen molar-refractivity contribution in [2.45, 2.75) is 13.1 Å². The average molecular weight is 326 g/mol. The molecule has 0 spiro atoms. The van der Waals surface area contributed by atoms with Crippen molar-refractivity contribution in [2.24, 2.45) is 0 Å². The number of hydrogen-bond donors (Lipinski definition) is 0. The molecule has 0 amide bonds. The molecule has 0 atom stereocenters. The van der Waals surface area contributed by atoms with Gasteiger partial charge < -0.3 is 9.47 Å². The van der Waals surface area contributed by atoms with Crippen molar-refractivity contribution < 1.29 is 9.47 Å². The Labute approximate surface area is 144 Å². The highest BCUT2D eigenvalue weighted by molar-refractivity contribution is 5.29. The molecule has 1 aliphatic heterocycles. The first-order chi connectivity index (χ1) is 11.8. The second kappa shape index (κ2) is 8.18. The van der Waals surface area contributed by atoms with Crippen molar-refractivity contribution in [1.82, 2.24) is 9.80 Å². The first-order valence-corrected chi connectivity index (χ1v) is 8.47. The van der Waals surface area contributed by atoms with E-state index in [0.717, 1.165) is 50.8 Å². The van der Waals surface area contributed by atoms with Gasteiger partial charge in [0, 0.05) is 39.3 Å². The number of benzene rings is 2. The molecule has 1 heterocycles. The summed E-state index contributed by atoms with van der Waals surface area (Å²) in [7, 11) is 3.44. The molecule has 0 radical (unpaired) electrons. The van der Waals surface area contributed by atoms with Gasteiger partial charge in [0.05, 0.1) is 14.2 Å². The topological polar surface area (TPSA) is 24.9 Å². The largest absolute Gasteiger partial charge is 0.497 e. The van der Waals surface area contributed by atoms with Crippen LogP contribution in [0.3, 0.4) is 0 Å². The van der Waals surface area contributed by atoms with Crippen LogP contribution in [-0.4, -0.2) is 50.2 Å². The third-order valence-electron chi connectivity index (χ3n) is 4.55. The molecule has 1 fully saturated rings. The quantitative estimate of drug-likeness (QED) is 0.815. The number of piperazine rings is 1. The maximum Gasteiger partial charge on any atom is 0.119 e. The standard InChI is InChI=1S/C20H26N2O2/c1-23-19-7-3-5-17(13-19)15-21-9-11-22(12-10-21)16-18-6-4-8-20(14-18)24-2/h3-8,13-14H,9-12,15-16H2,1-2H3. The van der Waals surface area contributed by atoms with E-state index in [4.69, 9.17) is 9.47 Å². The van der Waals surface area contributed by atoms with Crippen LogP contribution in [-0.2, 0) is 13.1 Å². The Hall–Kier alpha value is -2.04. The van der Waals surface area contributed by atoms with E-state index < -0.39 is 0 Å². The Morgan fingerprint density at radius 3 is 1.50 bits per heavy atom. The highest BCUT2D eigenvalue weighted by Gasteiger charge is 2.17. The molecule has 4 heteroatoms. The monoisotopic (exact) mass is 326 g/mol. The van der Waals surface area contributed by atoms with Crippen LogP contribution in [0.25, 0.3) is 0 Å². The minimum Gasteiger partial charge on any atom is -0.497 e. The molecule has 0 unspecified atom stereocenters. The third-order valence-corrected chi connectivity index (χ3v) is 4.55. The molecule has 128 valence electrons. The van der Waals surface area contributed by atoms with Crippen molar-refractivity contribution in [1.29, 1.82) is 0 Å². The molecule has 3 rings (SSSR count). The fourth-order valence-corrected chi connectivity index (χ4v) is 3.16. The van der Waals surface area contributed by atoms with E-state index in [0.29, 0.717) is 0 Å². The SMILES string of the molecule is COc1cccc(CN2CCN(Cc3cccc(OC)c3)CC2)c1. The van der Waals surface area contributed by atoms with Gasteiger partial charge in [0.15, 0.2) is 0 Å². The zero-order chi connectivity index (χ0) is 16.8. The van der Waals surface area contributed by atoms with Crippen molar-refractivity contribution in [3.05, 3.63) is 59.7 Å². The van der Waals surface area contributed by atoms with Crippen LogP contribution in [0.15, 0.2) is 48.5 Å². The highest BCUT2D eigenvalue weighted by atomic mass is 16.5. The van der Waals surface area contributed by atoms with Crippen molar-refractivity contribution in [3.63, 3.8) is 0 Å². The molecule has 0 aromatic heterocycles. The lowest BCUT2D eigenvalue weighted by molar-refractivity contribution is 0.122. The molecule has 2 aromatic rings. The van der Waals surface area contributed by atoms with Crippen LogP contribution in [0.2, 0.25) is 0 Å². The summed E-state index contributed by atoms with van der Waals surface area (Å²) in [6.07, 6.45) is 0. The maximum atomic E-state index is 5.31. The predicted molar refractivity (Wildman–Crippen MR) is 96.5 cm³/mol. The van der Waals surface area contributed by atoms with Gasteiger partial charge in [-0.05, 0) is 35.4 Å². The van der Waals surface area contributed by atoms with Crippen molar-refractivity contribution in [3.8, 4) is 11.5 Å². The Kier molecular flexibility index (Phi) is 5.72. The summed E-state index contributed by atoms with van der Waals surface area (Å²) in [5, 5.41) is 0. The molecule has 0 N–H and O–H groups in total. The molecule has 0 saturated carbocycles. The Balaban J connectivity index is 1.50. The number of methoxy groups -OCH3 is 2. The zero-order valence-corrected chi connectivity index (χ0v) is 14.6. The van der Waals surface area contributed by atoms with Gasteiger partial charge in [-0.2, -0.15) is 0 Å². The summed E-state index contributed by atoms with van der Waals surface area (Å²) < 4.78 is 10.6. The molecular formula is C20H26N2O2. The fraction of sp³-hybridized carbons (Fsp3) is 0.400. The first-order valence-electron chi connectivity index (χ1n) is 8.47. The van der Waals surface area contributed by atoms with Crippen LogP contribution < -0.4 is 9.47 Å². The lowest BCUT2D eigenvalue weighted by Gasteiger charge is -2.34. The number of hydrogen-bond acceptors (Lipinski definition) is 4. The van der Waals surface area contributed by atoms with Gasteiger partial charge in [0.2, 0.25) is 0 Å². The summed E-state index contributed by atoms with van der Waals surface area (Å²) in [6, 6.07) is 16.7. The minimum atomic E-state index is 0.934. The summed E-state index contributed by atoms with van der Waals surface area (Å²) in [5.41, 5.74) is 2.63. The summed E-state index contributed by atoms with van der Waals surface area (Å²) in [6.45, 7) is 6.37. The number of nitrogens with zero attached hydrogens (tertiary/aromatic N) is 2. The van der Waals surface area contributed by atoms with Gasteiger partial charge in [0.1, 0.15) is 11.5 Å². The molecule has 0 bridgehead atoms. The van der Waals surface area contributed by atoms with Crippen LogP contribution >= 0.6 is 0 Å². The summed E-state index contributed by atoms with van der Waals surface area (Å²) in [4.78, 5) is 5.02. The van der Waals surface area contributed by atoms with Crippen LogP contribution in [0.4, 0.5) is 0 Å². The van der Waals surface area contributed by atoms with Gasteiger partial charge in [-0.15, -0.1) is 0 Å². The van der Waals surface area contributed by atoms with Crippen molar-refractivity contribution in [2.75, 3.05) is 40.4 Å². The predicted octanol–water partition coefficient (Wildman–Crippen LogP) is 3.02. The Bertz CT molecular complexity index is 594. The van der Waals surface area contributed by atoms with E-state index in [1.54, 1.807) is 14.2 Å². The van der Waals surface area contributed by atoms with E-state index in [-0.39, 0.29) is 0 Å². The second-order valence-electron chi connectivity index (χ2n) is 6.26. The first kappa shape index (κ1) is 16.8.